The Hall–Kier alpha value is -0.810. The van der Waals surface area contributed by atoms with Crippen LogP contribution in [0.1, 0.15) is 96.3 Å². The largest absolute Gasteiger partial charge is 0.396 e. The number of aliphatic hydroxyl groups excluding tert-OH is 6. The molecular weight excluding hydrogens is 712 g/mol. The van der Waals surface area contributed by atoms with Gasteiger partial charge >= 0.3 is 0 Å². The number of fused-ring (bicyclic) bond motifs is 1. The van der Waals surface area contributed by atoms with Crippen molar-refractivity contribution in [2.45, 2.75) is 151 Å². The second-order valence-corrected chi connectivity index (χ2v) is 17.6. The maximum atomic E-state index is 11.0. The second-order valence-electron chi connectivity index (χ2n) is 17.6. The molecule has 0 radical (unpaired) electrons. The van der Waals surface area contributed by atoms with Gasteiger partial charge in [-0.1, -0.05) is 0 Å². The van der Waals surface area contributed by atoms with Crippen LogP contribution >= 0.6 is 0 Å². The molecule has 0 amide bonds. The Morgan fingerprint density at radius 3 is 2.11 bits per heavy atom. The van der Waals surface area contributed by atoms with Crippen molar-refractivity contribution in [3.63, 3.8) is 0 Å². The van der Waals surface area contributed by atoms with Crippen LogP contribution in [0.4, 0.5) is 0 Å². The first-order chi connectivity index (χ1) is 26.8. The standard InChI is InChI=1S/C42H74O13/c1-50-39-16-27(15-33-20-30-14-26(4-3-11-43)17-40(51-2)42(30)55-33)5-9-38(39)52-12-13-53-41(35(25-48)28-6-8-36(49)31(18-28)21-44)29-7-10-37(32(19-29)22-45)54-34(23-46)24-47/h11,26-42,44-49H,3-10,12-25H2,1-2H3. The van der Waals surface area contributed by atoms with Gasteiger partial charge in [-0.3, -0.25) is 0 Å². The molecule has 1 saturated heterocycles. The highest BCUT2D eigenvalue weighted by molar-refractivity contribution is 5.49. The number of aliphatic hydroxyl groups is 6. The van der Waals surface area contributed by atoms with E-state index in [9.17, 15) is 35.4 Å². The summed E-state index contributed by atoms with van der Waals surface area (Å²) in [7, 11) is 3.53. The monoisotopic (exact) mass is 787 g/mol. The molecule has 16 unspecified atom stereocenters. The molecule has 4 aliphatic carbocycles. The van der Waals surface area contributed by atoms with E-state index in [1.165, 1.54) is 0 Å². The van der Waals surface area contributed by atoms with Gasteiger partial charge in [0.25, 0.3) is 0 Å². The SMILES string of the molecule is COC1CC(CC2CC3CC(CCC=O)CC(OC)C3O2)CCC1OCCOC(C1CCC(OC(CO)CO)C(CO)C1)C(CO)C1CCC(O)C(CO)C1. The molecule has 5 fully saturated rings. The number of hydrogen-bond acceptors (Lipinski definition) is 13. The van der Waals surface area contributed by atoms with Gasteiger partial charge in [-0.25, -0.2) is 0 Å². The number of carbonyl (C=O) groups excluding carboxylic acids is 1. The van der Waals surface area contributed by atoms with E-state index in [1.54, 1.807) is 14.2 Å². The van der Waals surface area contributed by atoms with Crippen molar-refractivity contribution in [3.05, 3.63) is 0 Å². The van der Waals surface area contributed by atoms with Gasteiger partial charge in [-0.05, 0) is 119 Å². The van der Waals surface area contributed by atoms with Crippen LogP contribution in [0.5, 0.6) is 0 Å². The lowest BCUT2D eigenvalue weighted by atomic mass is 9.67. The van der Waals surface area contributed by atoms with Gasteiger partial charge < -0.3 is 63.9 Å². The third-order valence-corrected chi connectivity index (χ3v) is 14.3. The van der Waals surface area contributed by atoms with E-state index in [2.05, 4.69) is 0 Å². The Labute approximate surface area is 328 Å². The zero-order chi connectivity index (χ0) is 39.3. The van der Waals surface area contributed by atoms with Crippen LogP contribution in [0.2, 0.25) is 0 Å². The Morgan fingerprint density at radius 1 is 0.709 bits per heavy atom. The van der Waals surface area contributed by atoms with Gasteiger partial charge in [-0.2, -0.15) is 0 Å². The van der Waals surface area contributed by atoms with Crippen LogP contribution in [-0.4, -0.2) is 152 Å². The molecule has 13 heteroatoms. The average molecular weight is 787 g/mol. The summed E-state index contributed by atoms with van der Waals surface area (Å²) in [5.41, 5.74) is 0. The summed E-state index contributed by atoms with van der Waals surface area (Å²) in [6, 6.07) is 0. The normalized spacial score (nSPS) is 39.5. The Kier molecular flexibility index (Phi) is 19.0. The molecule has 5 aliphatic rings. The number of methoxy groups -OCH3 is 2. The molecule has 6 N–H and O–H groups in total. The van der Waals surface area contributed by atoms with Crippen molar-refractivity contribution in [3.8, 4) is 0 Å². The van der Waals surface area contributed by atoms with E-state index in [0.29, 0.717) is 63.1 Å². The number of carbonyl (C=O) groups is 1. The molecule has 16 atom stereocenters. The molecule has 4 saturated carbocycles. The Bertz CT molecular complexity index is 1080. The van der Waals surface area contributed by atoms with Crippen molar-refractivity contribution in [2.75, 3.05) is 60.5 Å². The summed E-state index contributed by atoms with van der Waals surface area (Å²) < 4.78 is 37.7. The first kappa shape index (κ1) is 45.3. The molecule has 1 aliphatic heterocycles. The molecule has 5 rings (SSSR count). The molecule has 13 nitrogen and oxygen atoms in total. The van der Waals surface area contributed by atoms with E-state index >= 15 is 0 Å². The van der Waals surface area contributed by atoms with Gasteiger partial charge in [0.2, 0.25) is 0 Å². The van der Waals surface area contributed by atoms with E-state index in [-0.39, 0.29) is 105 Å². The van der Waals surface area contributed by atoms with Gasteiger partial charge in [0, 0.05) is 58.2 Å². The topological polar surface area (TPSA) is 194 Å². The molecule has 1 heterocycles. The summed E-state index contributed by atoms with van der Waals surface area (Å²) in [6.45, 7) is -0.169. The van der Waals surface area contributed by atoms with Crippen LogP contribution in [0.15, 0.2) is 0 Å². The summed E-state index contributed by atoms with van der Waals surface area (Å²) >= 11 is 0. The lowest BCUT2D eigenvalue weighted by Crippen LogP contribution is -2.47. The number of rotatable bonds is 22. The molecule has 0 aromatic heterocycles. The lowest BCUT2D eigenvalue weighted by Gasteiger charge is -2.45. The molecule has 0 aromatic rings. The number of hydrogen-bond donors (Lipinski definition) is 6. The van der Waals surface area contributed by atoms with Crippen LogP contribution in [0.3, 0.4) is 0 Å². The van der Waals surface area contributed by atoms with E-state index < -0.39 is 12.2 Å². The highest BCUT2D eigenvalue weighted by Gasteiger charge is 2.47. The third-order valence-electron chi connectivity index (χ3n) is 14.3. The van der Waals surface area contributed by atoms with Crippen LogP contribution < -0.4 is 0 Å². The number of aldehydes is 1. The van der Waals surface area contributed by atoms with Gasteiger partial charge in [0.15, 0.2) is 0 Å². The quantitative estimate of drug-likeness (QED) is 0.0694. The fourth-order valence-corrected chi connectivity index (χ4v) is 11.3. The predicted molar refractivity (Wildman–Crippen MR) is 203 cm³/mol. The molecule has 55 heavy (non-hydrogen) atoms. The summed E-state index contributed by atoms with van der Waals surface area (Å²) in [5, 5.41) is 60.8. The zero-order valence-corrected chi connectivity index (χ0v) is 33.5. The zero-order valence-electron chi connectivity index (χ0n) is 33.5. The van der Waals surface area contributed by atoms with Crippen molar-refractivity contribution in [1.82, 2.24) is 0 Å². The molecule has 0 aromatic carbocycles. The minimum absolute atomic E-state index is 0.0282. The Balaban J connectivity index is 1.14. The van der Waals surface area contributed by atoms with Crippen LogP contribution in [-0.2, 0) is 33.2 Å². The smallest absolute Gasteiger partial charge is 0.120 e. The van der Waals surface area contributed by atoms with Crippen molar-refractivity contribution < 1.29 is 63.9 Å². The average Bonchev–Trinajstić information content (AvgIpc) is 3.62. The van der Waals surface area contributed by atoms with Crippen molar-refractivity contribution >= 4 is 6.29 Å². The van der Waals surface area contributed by atoms with Gasteiger partial charge in [0.05, 0.1) is 75.3 Å². The first-order valence-electron chi connectivity index (χ1n) is 21.5. The van der Waals surface area contributed by atoms with E-state index in [4.69, 9.17) is 28.4 Å². The van der Waals surface area contributed by atoms with E-state index in [1.807, 2.05) is 0 Å². The second kappa shape index (κ2) is 23.1. The molecule has 320 valence electrons. The highest BCUT2D eigenvalue weighted by atomic mass is 16.6. The van der Waals surface area contributed by atoms with E-state index in [0.717, 1.165) is 70.5 Å². The summed E-state index contributed by atoms with van der Waals surface area (Å²) in [6.07, 6.45) is 11.9. The first-order valence-corrected chi connectivity index (χ1v) is 21.5. The highest BCUT2D eigenvalue weighted by Crippen LogP contribution is 2.46. The minimum Gasteiger partial charge on any atom is -0.396 e. The minimum atomic E-state index is -0.697. The summed E-state index contributed by atoms with van der Waals surface area (Å²) in [5.74, 6) is 0.918. The summed E-state index contributed by atoms with van der Waals surface area (Å²) in [4.78, 5) is 11.0. The van der Waals surface area contributed by atoms with Gasteiger partial charge in [0.1, 0.15) is 12.4 Å². The fourth-order valence-electron chi connectivity index (χ4n) is 11.3. The molecule has 0 bridgehead atoms. The predicted octanol–water partition coefficient (Wildman–Crippen LogP) is 2.66. The van der Waals surface area contributed by atoms with Crippen LogP contribution in [0, 0.1) is 47.3 Å². The van der Waals surface area contributed by atoms with Crippen molar-refractivity contribution in [2.24, 2.45) is 47.3 Å². The van der Waals surface area contributed by atoms with Crippen molar-refractivity contribution in [1.29, 1.82) is 0 Å². The maximum Gasteiger partial charge on any atom is 0.120 e. The molecule has 0 spiro atoms. The van der Waals surface area contributed by atoms with Gasteiger partial charge in [-0.15, -0.1) is 0 Å². The lowest BCUT2D eigenvalue weighted by molar-refractivity contribution is -0.145. The molecular formula is C42H74O13. The Morgan fingerprint density at radius 2 is 1.42 bits per heavy atom. The maximum absolute atomic E-state index is 11.0. The number of ether oxygens (including phenoxy) is 6. The van der Waals surface area contributed by atoms with Crippen LogP contribution in [0.25, 0.3) is 0 Å². The third kappa shape index (κ3) is 12.1. The fraction of sp³-hybridized carbons (Fsp3) is 0.976.